The molecule has 0 saturated carbocycles. The topological polar surface area (TPSA) is 78.1 Å². The molecule has 0 aliphatic rings. The van der Waals surface area contributed by atoms with E-state index in [1.165, 1.54) is 18.6 Å². The quantitative estimate of drug-likeness (QED) is 0.460. The van der Waals surface area contributed by atoms with Gasteiger partial charge in [0.15, 0.2) is 5.69 Å². The third kappa shape index (κ3) is 1.98. The molecule has 1 rings (SSSR count). The highest BCUT2D eigenvalue weighted by Gasteiger charge is 2.05. The average molecular weight is 153 g/mol. The number of hydrogen-bond acceptors (Lipinski definition) is 5. The second kappa shape index (κ2) is 3.62. The molecule has 0 spiro atoms. The molecule has 0 bridgehead atoms. The summed E-state index contributed by atoms with van der Waals surface area (Å²) in [7, 11) is 0. The number of ether oxygens (including phenoxy) is 1. The molecule has 1 aromatic heterocycles. The Bertz CT molecular complexity index is 237. The fraction of sp³-hybridized carbons (Fsp3) is 0.167. The Morgan fingerprint density at radius 1 is 1.64 bits per heavy atom. The van der Waals surface area contributed by atoms with Gasteiger partial charge in [0.2, 0.25) is 0 Å². The lowest BCUT2D eigenvalue weighted by molar-refractivity contribution is 0.0508. The van der Waals surface area contributed by atoms with Gasteiger partial charge in [0.1, 0.15) is 6.73 Å². The van der Waals surface area contributed by atoms with Crippen molar-refractivity contribution >= 4 is 5.97 Å². The van der Waals surface area contributed by atoms with Gasteiger partial charge < -0.3 is 4.74 Å². The maximum atomic E-state index is 10.8. The summed E-state index contributed by atoms with van der Waals surface area (Å²) in [5, 5.41) is 0. The van der Waals surface area contributed by atoms with Crippen LogP contribution in [0.4, 0.5) is 0 Å². The molecule has 11 heavy (non-hydrogen) atoms. The lowest BCUT2D eigenvalue weighted by Crippen LogP contribution is -2.13. The maximum absolute atomic E-state index is 10.8. The predicted octanol–water partition coefficient (Wildman–Crippen LogP) is -0.450. The fourth-order valence-electron chi connectivity index (χ4n) is 0.554. The van der Waals surface area contributed by atoms with Gasteiger partial charge in [-0.05, 0) is 0 Å². The standard InChI is InChI=1S/C6H7N3O2/c7-4-11-6(10)5-3-8-1-2-9-5/h1-3H,4,7H2. The molecule has 0 amide bonds. The van der Waals surface area contributed by atoms with Crippen molar-refractivity contribution in [1.82, 2.24) is 9.97 Å². The SMILES string of the molecule is NCOC(=O)c1cnccn1. The van der Waals surface area contributed by atoms with E-state index in [9.17, 15) is 4.79 Å². The number of carbonyl (C=O) groups excluding carboxylic acids is 1. The average Bonchev–Trinajstić information content (AvgIpc) is 2.07. The van der Waals surface area contributed by atoms with Crippen molar-refractivity contribution in [3.05, 3.63) is 24.3 Å². The smallest absolute Gasteiger partial charge is 0.359 e. The Morgan fingerprint density at radius 3 is 3.00 bits per heavy atom. The Kier molecular flexibility index (Phi) is 2.51. The summed E-state index contributed by atoms with van der Waals surface area (Å²) < 4.78 is 4.46. The Morgan fingerprint density at radius 2 is 2.45 bits per heavy atom. The molecule has 58 valence electrons. The second-order valence-corrected chi connectivity index (χ2v) is 1.69. The molecule has 0 radical (unpaired) electrons. The molecule has 1 heterocycles. The van der Waals surface area contributed by atoms with E-state index < -0.39 is 5.97 Å². The van der Waals surface area contributed by atoms with Gasteiger partial charge in [-0.2, -0.15) is 0 Å². The van der Waals surface area contributed by atoms with Crippen molar-refractivity contribution in [2.75, 3.05) is 6.73 Å². The number of carbonyl (C=O) groups is 1. The number of hydrogen-bond donors (Lipinski definition) is 1. The second-order valence-electron chi connectivity index (χ2n) is 1.69. The zero-order valence-electron chi connectivity index (χ0n) is 5.73. The van der Waals surface area contributed by atoms with Gasteiger partial charge in [-0.3, -0.25) is 10.7 Å². The van der Waals surface area contributed by atoms with Gasteiger partial charge in [-0.25, -0.2) is 9.78 Å². The first kappa shape index (κ1) is 7.62. The summed E-state index contributed by atoms with van der Waals surface area (Å²) in [5.74, 6) is -0.555. The number of esters is 1. The summed E-state index contributed by atoms with van der Waals surface area (Å²) in [5.41, 5.74) is 5.14. The minimum absolute atomic E-state index is 0.143. The molecule has 0 aliphatic heterocycles. The van der Waals surface area contributed by atoms with Crippen molar-refractivity contribution in [1.29, 1.82) is 0 Å². The van der Waals surface area contributed by atoms with Gasteiger partial charge in [0, 0.05) is 12.4 Å². The van der Waals surface area contributed by atoms with E-state index in [1.807, 2.05) is 0 Å². The van der Waals surface area contributed by atoms with Crippen LogP contribution in [0.3, 0.4) is 0 Å². The van der Waals surface area contributed by atoms with Crippen LogP contribution in [0.1, 0.15) is 10.5 Å². The fourth-order valence-corrected chi connectivity index (χ4v) is 0.554. The van der Waals surface area contributed by atoms with Crippen LogP contribution in [0, 0.1) is 0 Å². The summed E-state index contributed by atoms with van der Waals surface area (Å²) in [6.45, 7) is -0.143. The molecule has 5 heteroatoms. The van der Waals surface area contributed by atoms with Crippen LogP contribution in [0.15, 0.2) is 18.6 Å². The molecule has 0 saturated heterocycles. The van der Waals surface area contributed by atoms with Crippen LogP contribution in [0.2, 0.25) is 0 Å². The van der Waals surface area contributed by atoms with Crippen LogP contribution in [-0.4, -0.2) is 22.7 Å². The largest absolute Gasteiger partial charge is 0.445 e. The van der Waals surface area contributed by atoms with E-state index in [0.29, 0.717) is 0 Å². The Hall–Kier alpha value is -1.49. The monoisotopic (exact) mass is 153 g/mol. The molecule has 5 nitrogen and oxygen atoms in total. The molecular formula is C6H7N3O2. The van der Waals surface area contributed by atoms with Crippen LogP contribution in [0.25, 0.3) is 0 Å². The van der Waals surface area contributed by atoms with Crippen LogP contribution in [0.5, 0.6) is 0 Å². The van der Waals surface area contributed by atoms with E-state index in [1.54, 1.807) is 0 Å². The number of nitrogens with two attached hydrogens (primary N) is 1. The minimum Gasteiger partial charge on any atom is -0.445 e. The van der Waals surface area contributed by atoms with Crippen molar-refractivity contribution in [3.63, 3.8) is 0 Å². The molecule has 0 unspecified atom stereocenters. The summed E-state index contributed by atoms with van der Waals surface area (Å²) in [6, 6.07) is 0. The number of nitrogens with zero attached hydrogens (tertiary/aromatic N) is 2. The summed E-state index contributed by atoms with van der Waals surface area (Å²) >= 11 is 0. The minimum atomic E-state index is -0.555. The molecule has 0 atom stereocenters. The van der Waals surface area contributed by atoms with Gasteiger partial charge in [-0.1, -0.05) is 0 Å². The van der Waals surface area contributed by atoms with Crippen LogP contribution < -0.4 is 5.73 Å². The predicted molar refractivity (Wildman–Crippen MR) is 36.5 cm³/mol. The maximum Gasteiger partial charge on any atom is 0.359 e. The molecule has 0 fully saturated rings. The first-order valence-corrected chi connectivity index (χ1v) is 2.98. The van der Waals surface area contributed by atoms with Crippen molar-refractivity contribution < 1.29 is 9.53 Å². The molecular weight excluding hydrogens is 146 g/mol. The lowest BCUT2D eigenvalue weighted by Gasteiger charge is -1.97. The molecule has 2 N–H and O–H groups in total. The van der Waals surface area contributed by atoms with Gasteiger partial charge in [0.25, 0.3) is 0 Å². The highest BCUT2D eigenvalue weighted by Crippen LogP contribution is 1.91. The lowest BCUT2D eigenvalue weighted by atomic mass is 10.5. The number of aromatic nitrogens is 2. The third-order valence-corrected chi connectivity index (χ3v) is 0.987. The number of rotatable bonds is 2. The van der Waals surface area contributed by atoms with E-state index in [-0.39, 0.29) is 12.4 Å². The first-order valence-electron chi connectivity index (χ1n) is 2.98. The normalized spacial score (nSPS) is 9.18. The van der Waals surface area contributed by atoms with Gasteiger partial charge in [-0.15, -0.1) is 0 Å². The zero-order chi connectivity index (χ0) is 8.10. The molecule has 0 aliphatic carbocycles. The third-order valence-electron chi connectivity index (χ3n) is 0.987. The van der Waals surface area contributed by atoms with E-state index in [0.717, 1.165) is 0 Å². The molecule has 0 aromatic carbocycles. The van der Waals surface area contributed by atoms with Gasteiger partial charge >= 0.3 is 5.97 Å². The van der Waals surface area contributed by atoms with Crippen molar-refractivity contribution in [3.8, 4) is 0 Å². The van der Waals surface area contributed by atoms with E-state index >= 15 is 0 Å². The summed E-state index contributed by atoms with van der Waals surface area (Å²) in [6.07, 6.45) is 4.20. The highest BCUT2D eigenvalue weighted by molar-refractivity contribution is 5.86. The van der Waals surface area contributed by atoms with Gasteiger partial charge in [0.05, 0.1) is 6.20 Å². The van der Waals surface area contributed by atoms with Crippen molar-refractivity contribution in [2.24, 2.45) is 5.73 Å². The van der Waals surface area contributed by atoms with Crippen molar-refractivity contribution in [2.45, 2.75) is 0 Å². The Labute approximate surface area is 63.2 Å². The van der Waals surface area contributed by atoms with E-state index in [4.69, 9.17) is 5.73 Å². The highest BCUT2D eigenvalue weighted by atomic mass is 16.5. The first-order chi connectivity index (χ1) is 5.34. The zero-order valence-corrected chi connectivity index (χ0v) is 5.73. The van der Waals surface area contributed by atoms with E-state index in [2.05, 4.69) is 14.7 Å². The van der Waals surface area contributed by atoms with Crippen LogP contribution >= 0.6 is 0 Å². The van der Waals surface area contributed by atoms with Crippen LogP contribution in [-0.2, 0) is 4.74 Å². The Balaban J connectivity index is 2.69. The molecule has 1 aromatic rings. The summed E-state index contributed by atoms with van der Waals surface area (Å²) in [4.78, 5) is 18.2.